The fraction of sp³-hybridized carbons (Fsp3) is 0.292. The Bertz CT molecular complexity index is 742. The first-order chi connectivity index (χ1) is 12.4. The molecule has 0 aliphatic heterocycles. The van der Waals surface area contributed by atoms with Gasteiger partial charge in [-0.3, -0.25) is 4.98 Å². The van der Waals surface area contributed by atoms with E-state index in [2.05, 4.69) is 60.4 Å². The van der Waals surface area contributed by atoms with Crippen molar-refractivity contribution in [1.29, 1.82) is 0 Å². The Labute approximate surface area is 151 Å². The molecule has 0 aliphatic rings. The van der Waals surface area contributed by atoms with Gasteiger partial charge in [0, 0.05) is 17.3 Å². The van der Waals surface area contributed by atoms with E-state index in [0.717, 1.165) is 11.3 Å². The second kappa shape index (κ2) is 9.17. The van der Waals surface area contributed by atoms with Crippen molar-refractivity contribution in [3.05, 3.63) is 78.5 Å². The zero-order chi connectivity index (χ0) is 17.3. The van der Waals surface area contributed by atoms with Gasteiger partial charge in [0.05, 0.1) is 5.69 Å². The molecule has 1 nitrogen and oxygen atoms in total. The summed E-state index contributed by atoms with van der Waals surface area (Å²) < 4.78 is 0. The molecule has 0 unspecified atom stereocenters. The van der Waals surface area contributed by atoms with E-state index in [1.54, 1.807) is 0 Å². The number of unbranched alkanes of at least 4 members (excludes halogenated alkanes) is 4. The molecular formula is C24H27N. The molecule has 1 aromatic heterocycles. The maximum Gasteiger partial charge on any atom is 0.0702 e. The Morgan fingerprint density at radius 3 is 2.04 bits per heavy atom. The van der Waals surface area contributed by atoms with Crippen LogP contribution in [-0.2, 0) is 6.42 Å². The molecule has 25 heavy (non-hydrogen) atoms. The Morgan fingerprint density at radius 1 is 0.640 bits per heavy atom. The maximum atomic E-state index is 4.63. The molecule has 0 saturated heterocycles. The van der Waals surface area contributed by atoms with Crippen LogP contribution in [0.25, 0.3) is 22.4 Å². The van der Waals surface area contributed by atoms with Gasteiger partial charge in [0.2, 0.25) is 0 Å². The van der Waals surface area contributed by atoms with Gasteiger partial charge in [-0.05, 0) is 30.0 Å². The molecule has 0 N–H and O–H groups in total. The lowest BCUT2D eigenvalue weighted by Crippen LogP contribution is -1.88. The Balaban J connectivity index is 1.60. The van der Waals surface area contributed by atoms with E-state index >= 15 is 0 Å². The van der Waals surface area contributed by atoms with Crippen LogP contribution in [-0.4, -0.2) is 4.98 Å². The van der Waals surface area contributed by atoms with Crippen LogP contribution in [0.1, 0.15) is 44.6 Å². The molecule has 0 amide bonds. The van der Waals surface area contributed by atoms with Gasteiger partial charge >= 0.3 is 0 Å². The quantitative estimate of drug-likeness (QED) is 0.408. The number of aromatic nitrogens is 1. The highest BCUT2D eigenvalue weighted by Crippen LogP contribution is 2.23. The number of hydrogen-bond acceptors (Lipinski definition) is 1. The van der Waals surface area contributed by atoms with Crippen LogP contribution in [0.2, 0.25) is 0 Å². The van der Waals surface area contributed by atoms with Gasteiger partial charge in [-0.25, -0.2) is 0 Å². The monoisotopic (exact) mass is 329 g/mol. The highest BCUT2D eigenvalue weighted by molar-refractivity contribution is 5.66. The van der Waals surface area contributed by atoms with Crippen molar-refractivity contribution < 1.29 is 0 Å². The summed E-state index contributed by atoms with van der Waals surface area (Å²) in [4.78, 5) is 4.63. The SMILES string of the molecule is CCCCCCCc1ccc(-c2ccc(-c3ccccc3)nc2)cc1. The summed E-state index contributed by atoms with van der Waals surface area (Å²) in [6, 6.07) is 23.6. The number of benzene rings is 2. The largest absolute Gasteiger partial charge is 0.256 e. The van der Waals surface area contributed by atoms with Gasteiger partial charge in [-0.2, -0.15) is 0 Å². The lowest BCUT2D eigenvalue weighted by molar-refractivity contribution is 0.632. The van der Waals surface area contributed by atoms with Gasteiger partial charge in [-0.1, -0.05) is 93.3 Å². The van der Waals surface area contributed by atoms with Crippen LogP contribution in [0.15, 0.2) is 72.9 Å². The van der Waals surface area contributed by atoms with Crippen molar-refractivity contribution in [3.8, 4) is 22.4 Å². The number of aryl methyl sites for hydroxylation is 1. The molecule has 3 aromatic rings. The normalized spacial score (nSPS) is 10.8. The molecule has 2 aromatic carbocycles. The fourth-order valence-corrected chi connectivity index (χ4v) is 3.14. The Kier molecular flexibility index (Phi) is 6.39. The Morgan fingerprint density at radius 2 is 1.36 bits per heavy atom. The summed E-state index contributed by atoms with van der Waals surface area (Å²) in [5.74, 6) is 0. The summed E-state index contributed by atoms with van der Waals surface area (Å²) in [6.45, 7) is 2.26. The van der Waals surface area contributed by atoms with E-state index < -0.39 is 0 Å². The second-order valence-corrected chi connectivity index (χ2v) is 6.66. The number of nitrogens with zero attached hydrogens (tertiary/aromatic N) is 1. The van der Waals surface area contributed by atoms with E-state index in [1.165, 1.54) is 55.2 Å². The van der Waals surface area contributed by atoms with Crippen LogP contribution in [0.4, 0.5) is 0 Å². The topological polar surface area (TPSA) is 12.9 Å². The van der Waals surface area contributed by atoms with Crippen LogP contribution < -0.4 is 0 Å². The summed E-state index contributed by atoms with van der Waals surface area (Å²) >= 11 is 0. The van der Waals surface area contributed by atoms with Gasteiger partial charge in [-0.15, -0.1) is 0 Å². The molecule has 0 spiro atoms. The average molecular weight is 329 g/mol. The molecule has 1 heteroatoms. The molecule has 128 valence electrons. The lowest BCUT2D eigenvalue weighted by Gasteiger charge is -2.06. The molecule has 0 aliphatic carbocycles. The first-order valence-corrected chi connectivity index (χ1v) is 9.47. The average Bonchev–Trinajstić information content (AvgIpc) is 2.69. The van der Waals surface area contributed by atoms with E-state index in [-0.39, 0.29) is 0 Å². The molecule has 1 heterocycles. The van der Waals surface area contributed by atoms with Gasteiger partial charge < -0.3 is 0 Å². The standard InChI is InChI=1S/C24H27N/c1-2-3-4-5-7-10-20-13-15-21(16-14-20)23-17-18-24(25-19-23)22-11-8-6-9-12-22/h6,8-9,11-19H,2-5,7,10H2,1H3. The van der Waals surface area contributed by atoms with Gasteiger partial charge in [0.25, 0.3) is 0 Å². The summed E-state index contributed by atoms with van der Waals surface area (Å²) in [7, 11) is 0. The van der Waals surface area contributed by atoms with Gasteiger partial charge in [0.1, 0.15) is 0 Å². The fourth-order valence-electron chi connectivity index (χ4n) is 3.14. The first-order valence-electron chi connectivity index (χ1n) is 9.47. The lowest BCUT2D eigenvalue weighted by atomic mass is 10.0. The van der Waals surface area contributed by atoms with Crippen molar-refractivity contribution in [2.24, 2.45) is 0 Å². The molecule has 0 saturated carbocycles. The minimum Gasteiger partial charge on any atom is -0.256 e. The highest BCUT2D eigenvalue weighted by atomic mass is 14.7. The number of hydrogen-bond donors (Lipinski definition) is 0. The second-order valence-electron chi connectivity index (χ2n) is 6.66. The molecule has 0 atom stereocenters. The molecule has 0 fully saturated rings. The third-order valence-corrected chi connectivity index (χ3v) is 4.69. The predicted octanol–water partition coefficient (Wildman–Crippen LogP) is 6.93. The van der Waals surface area contributed by atoms with Crippen LogP contribution in [0, 0.1) is 0 Å². The summed E-state index contributed by atoms with van der Waals surface area (Å²) in [5.41, 5.74) is 6.03. The summed E-state index contributed by atoms with van der Waals surface area (Å²) in [5, 5.41) is 0. The predicted molar refractivity (Wildman–Crippen MR) is 108 cm³/mol. The smallest absolute Gasteiger partial charge is 0.0702 e. The van der Waals surface area contributed by atoms with Crippen LogP contribution in [0.3, 0.4) is 0 Å². The molecule has 3 rings (SSSR count). The minimum absolute atomic E-state index is 1.02. The molecule has 0 radical (unpaired) electrons. The zero-order valence-corrected chi connectivity index (χ0v) is 15.1. The Hall–Kier alpha value is -2.41. The zero-order valence-electron chi connectivity index (χ0n) is 15.1. The van der Waals surface area contributed by atoms with Gasteiger partial charge in [0.15, 0.2) is 0 Å². The van der Waals surface area contributed by atoms with Crippen molar-refractivity contribution in [3.63, 3.8) is 0 Å². The summed E-state index contributed by atoms with van der Waals surface area (Å²) in [6.07, 6.45) is 9.86. The van der Waals surface area contributed by atoms with E-state index in [0.29, 0.717) is 0 Å². The number of pyridine rings is 1. The van der Waals surface area contributed by atoms with Crippen LogP contribution in [0.5, 0.6) is 0 Å². The molecule has 0 bridgehead atoms. The van der Waals surface area contributed by atoms with Crippen molar-refractivity contribution >= 4 is 0 Å². The van der Waals surface area contributed by atoms with Crippen molar-refractivity contribution in [2.45, 2.75) is 45.4 Å². The third-order valence-electron chi connectivity index (χ3n) is 4.69. The highest BCUT2D eigenvalue weighted by Gasteiger charge is 2.02. The first kappa shape index (κ1) is 17.4. The third kappa shape index (κ3) is 5.03. The maximum absolute atomic E-state index is 4.63. The minimum atomic E-state index is 1.02. The van der Waals surface area contributed by atoms with Crippen molar-refractivity contribution in [1.82, 2.24) is 4.98 Å². The van der Waals surface area contributed by atoms with E-state index in [4.69, 9.17) is 0 Å². The van der Waals surface area contributed by atoms with E-state index in [9.17, 15) is 0 Å². The molecular weight excluding hydrogens is 302 g/mol. The van der Waals surface area contributed by atoms with Crippen molar-refractivity contribution in [2.75, 3.05) is 0 Å². The number of rotatable bonds is 8. The van der Waals surface area contributed by atoms with Crippen LogP contribution >= 0.6 is 0 Å². The van der Waals surface area contributed by atoms with E-state index in [1.807, 2.05) is 24.4 Å².